The molecule has 1 N–H and O–H groups in total. The summed E-state index contributed by atoms with van der Waals surface area (Å²) in [5.41, 5.74) is 3.31. The molecule has 1 heterocycles. The van der Waals surface area contributed by atoms with Crippen molar-refractivity contribution in [1.82, 2.24) is 15.1 Å². The van der Waals surface area contributed by atoms with Gasteiger partial charge in [-0.05, 0) is 37.5 Å². The van der Waals surface area contributed by atoms with Crippen molar-refractivity contribution in [2.75, 3.05) is 0 Å². The summed E-state index contributed by atoms with van der Waals surface area (Å²) < 4.78 is 15.8. The van der Waals surface area contributed by atoms with Gasteiger partial charge in [0.2, 0.25) is 0 Å². The zero-order valence-corrected chi connectivity index (χ0v) is 13.0. The maximum Gasteiger partial charge on any atom is 0.124 e. The molecule has 3 rings (SSSR count). The Labute approximate surface area is 126 Å². The molecule has 106 valence electrons. The van der Waals surface area contributed by atoms with Crippen molar-refractivity contribution < 1.29 is 4.39 Å². The van der Waals surface area contributed by atoms with Crippen LogP contribution in [0, 0.1) is 12.7 Å². The van der Waals surface area contributed by atoms with Crippen LogP contribution in [0.1, 0.15) is 29.7 Å². The van der Waals surface area contributed by atoms with E-state index >= 15 is 0 Å². The summed E-state index contributed by atoms with van der Waals surface area (Å²) in [7, 11) is 0. The fourth-order valence-corrected chi connectivity index (χ4v) is 2.66. The van der Waals surface area contributed by atoms with Crippen LogP contribution in [-0.2, 0) is 13.1 Å². The van der Waals surface area contributed by atoms with Gasteiger partial charge in [0.1, 0.15) is 5.82 Å². The predicted molar refractivity (Wildman–Crippen MR) is 80.0 cm³/mol. The number of aryl methyl sites for hydroxylation is 1. The van der Waals surface area contributed by atoms with Crippen LogP contribution in [-0.4, -0.2) is 15.8 Å². The zero-order chi connectivity index (χ0) is 14.1. The van der Waals surface area contributed by atoms with Crippen LogP contribution in [0.5, 0.6) is 0 Å². The minimum atomic E-state index is -0.230. The van der Waals surface area contributed by atoms with Crippen LogP contribution in [0.3, 0.4) is 0 Å². The molecule has 0 unspecified atom stereocenters. The van der Waals surface area contributed by atoms with Gasteiger partial charge in [0.25, 0.3) is 0 Å². The number of hydrogen-bond donors (Lipinski definition) is 1. The van der Waals surface area contributed by atoms with Crippen molar-refractivity contribution in [3.8, 4) is 0 Å². The number of nitrogens with one attached hydrogen (secondary N) is 1. The molecule has 0 bridgehead atoms. The van der Waals surface area contributed by atoms with E-state index < -0.39 is 0 Å². The summed E-state index contributed by atoms with van der Waals surface area (Å²) >= 11 is 3.39. The molecule has 1 fully saturated rings. The summed E-state index contributed by atoms with van der Waals surface area (Å²) in [6, 6.07) is 5.45. The molecule has 5 heteroatoms. The van der Waals surface area contributed by atoms with E-state index in [0.717, 1.165) is 22.3 Å². The quantitative estimate of drug-likeness (QED) is 0.906. The molecule has 0 atom stereocenters. The lowest BCUT2D eigenvalue weighted by atomic mass is 10.2. The minimum Gasteiger partial charge on any atom is -0.310 e. The van der Waals surface area contributed by atoms with Gasteiger partial charge in [0, 0.05) is 28.8 Å². The monoisotopic (exact) mass is 337 g/mol. The number of nitrogens with zero attached hydrogens (tertiary/aromatic N) is 2. The molecule has 0 radical (unpaired) electrons. The van der Waals surface area contributed by atoms with Crippen LogP contribution < -0.4 is 5.32 Å². The molecule has 1 aromatic heterocycles. The Balaban J connectivity index is 1.71. The van der Waals surface area contributed by atoms with Gasteiger partial charge in [-0.1, -0.05) is 22.0 Å². The van der Waals surface area contributed by atoms with E-state index in [2.05, 4.69) is 32.5 Å². The summed E-state index contributed by atoms with van der Waals surface area (Å²) in [6.45, 7) is 3.55. The Morgan fingerprint density at radius 3 is 2.90 bits per heavy atom. The molecule has 2 aromatic rings. The highest BCUT2D eigenvalue weighted by molar-refractivity contribution is 9.10. The minimum absolute atomic E-state index is 0.230. The van der Waals surface area contributed by atoms with Crippen molar-refractivity contribution in [2.24, 2.45) is 0 Å². The van der Waals surface area contributed by atoms with Crippen molar-refractivity contribution in [3.05, 3.63) is 51.5 Å². The average Bonchev–Trinajstić information content (AvgIpc) is 3.15. The van der Waals surface area contributed by atoms with E-state index in [1.54, 1.807) is 6.07 Å². The number of rotatable bonds is 5. The van der Waals surface area contributed by atoms with E-state index in [4.69, 9.17) is 0 Å². The number of hydrogen-bond acceptors (Lipinski definition) is 2. The fourth-order valence-electron chi connectivity index (χ4n) is 2.18. The van der Waals surface area contributed by atoms with Crippen molar-refractivity contribution in [1.29, 1.82) is 0 Å². The molecule has 1 saturated carbocycles. The lowest BCUT2D eigenvalue weighted by Crippen LogP contribution is -2.15. The van der Waals surface area contributed by atoms with E-state index in [9.17, 15) is 4.39 Å². The molecular weight excluding hydrogens is 321 g/mol. The first-order chi connectivity index (χ1) is 9.61. The SMILES string of the molecule is Cc1nn(Cc2ccc(F)cc2Br)cc1CNC1CC1. The predicted octanol–water partition coefficient (Wildman–Crippen LogP) is 3.39. The van der Waals surface area contributed by atoms with Crippen LogP contribution >= 0.6 is 15.9 Å². The molecule has 0 amide bonds. The Kier molecular flexibility index (Phi) is 3.89. The molecule has 20 heavy (non-hydrogen) atoms. The average molecular weight is 338 g/mol. The van der Waals surface area contributed by atoms with Crippen LogP contribution in [0.15, 0.2) is 28.9 Å². The first kappa shape index (κ1) is 13.8. The molecule has 1 aromatic carbocycles. The van der Waals surface area contributed by atoms with Crippen molar-refractivity contribution in [3.63, 3.8) is 0 Å². The third-order valence-electron chi connectivity index (χ3n) is 3.55. The third-order valence-corrected chi connectivity index (χ3v) is 4.29. The van der Waals surface area contributed by atoms with E-state index in [1.165, 1.54) is 30.5 Å². The number of benzene rings is 1. The van der Waals surface area contributed by atoms with E-state index in [1.807, 2.05) is 11.6 Å². The Bertz CT molecular complexity index is 620. The lowest BCUT2D eigenvalue weighted by molar-refractivity contribution is 0.622. The zero-order valence-electron chi connectivity index (χ0n) is 11.4. The van der Waals surface area contributed by atoms with Crippen molar-refractivity contribution in [2.45, 2.75) is 38.9 Å². The van der Waals surface area contributed by atoms with Gasteiger partial charge in [-0.25, -0.2) is 4.39 Å². The lowest BCUT2D eigenvalue weighted by Gasteiger charge is -2.05. The standard InChI is InChI=1S/C15H17BrFN3/c1-10-12(7-18-14-4-5-14)9-20(19-10)8-11-2-3-13(17)6-15(11)16/h2-3,6,9,14,18H,4-5,7-8H2,1H3. The molecular formula is C15H17BrFN3. The summed E-state index contributed by atoms with van der Waals surface area (Å²) in [5.74, 6) is -0.230. The van der Waals surface area contributed by atoms with Crippen LogP contribution in [0.2, 0.25) is 0 Å². The van der Waals surface area contributed by atoms with Gasteiger partial charge >= 0.3 is 0 Å². The third kappa shape index (κ3) is 3.27. The maximum absolute atomic E-state index is 13.1. The molecule has 3 nitrogen and oxygen atoms in total. The highest BCUT2D eigenvalue weighted by Gasteiger charge is 2.20. The van der Waals surface area contributed by atoms with Crippen molar-refractivity contribution >= 4 is 15.9 Å². The number of halogens is 2. The Morgan fingerprint density at radius 1 is 1.40 bits per heavy atom. The second-order valence-electron chi connectivity index (χ2n) is 5.33. The molecule has 0 spiro atoms. The molecule has 1 aliphatic rings. The van der Waals surface area contributed by atoms with Gasteiger partial charge in [-0.2, -0.15) is 5.10 Å². The summed E-state index contributed by atoms with van der Waals surface area (Å²) in [5, 5.41) is 8.03. The highest BCUT2D eigenvalue weighted by Crippen LogP contribution is 2.21. The Hall–Kier alpha value is -1.20. The van der Waals surface area contributed by atoms with Gasteiger partial charge < -0.3 is 5.32 Å². The van der Waals surface area contributed by atoms with Gasteiger partial charge in [-0.15, -0.1) is 0 Å². The maximum atomic E-state index is 13.1. The fraction of sp³-hybridized carbons (Fsp3) is 0.400. The van der Waals surface area contributed by atoms with E-state index in [-0.39, 0.29) is 5.82 Å². The Morgan fingerprint density at radius 2 is 2.20 bits per heavy atom. The molecule has 0 saturated heterocycles. The van der Waals surface area contributed by atoms with Gasteiger partial charge in [0.15, 0.2) is 0 Å². The smallest absolute Gasteiger partial charge is 0.124 e. The molecule has 1 aliphatic carbocycles. The summed E-state index contributed by atoms with van der Waals surface area (Å²) in [6.07, 6.45) is 4.64. The van der Waals surface area contributed by atoms with Crippen LogP contribution in [0.4, 0.5) is 4.39 Å². The molecule has 0 aliphatic heterocycles. The summed E-state index contributed by atoms with van der Waals surface area (Å²) in [4.78, 5) is 0. The first-order valence-electron chi connectivity index (χ1n) is 6.82. The second kappa shape index (κ2) is 5.66. The highest BCUT2D eigenvalue weighted by atomic mass is 79.9. The van der Waals surface area contributed by atoms with Gasteiger partial charge in [-0.3, -0.25) is 4.68 Å². The first-order valence-corrected chi connectivity index (χ1v) is 7.61. The van der Waals surface area contributed by atoms with Gasteiger partial charge in [0.05, 0.1) is 12.2 Å². The van der Waals surface area contributed by atoms with E-state index in [0.29, 0.717) is 12.6 Å². The second-order valence-corrected chi connectivity index (χ2v) is 6.18. The largest absolute Gasteiger partial charge is 0.310 e. The van der Waals surface area contributed by atoms with Crippen LogP contribution in [0.25, 0.3) is 0 Å². The normalized spacial score (nSPS) is 14.8. The number of aromatic nitrogens is 2. The topological polar surface area (TPSA) is 29.9 Å².